The molecule has 0 unspecified atom stereocenters. The fourth-order valence-electron chi connectivity index (χ4n) is 1.56. The Kier molecular flexibility index (Phi) is 3.09. The molecule has 0 saturated heterocycles. The molecule has 0 aromatic carbocycles. The molecule has 0 bridgehead atoms. The number of anilines is 1. The zero-order valence-corrected chi connectivity index (χ0v) is 9.33. The molecular formula is C11H16N4. The largest absolute Gasteiger partial charge is 0.399 e. The summed E-state index contributed by atoms with van der Waals surface area (Å²) in [5, 5.41) is 0. The Labute approximate surface area is 89.7 Å². The summed E-state index contributed by atoms with van der Waals surface area (Å²) >= 11 is 0. The number of nitrogen functional groups attached to an aromatic ring is 1. The third-order valence-electron chi connectivity index (χ3n) is 2.13. The van der Waals surface area contributed by atoms with E-state index in [0.29, 0.717) is 17.3 Å². The second kappa shape index (κ2) is 4.13. The molecule has 4 heteroatoms. The molecule has 80 valence electrons. The number of nitrogens with two attached hydrogens (primary N) is 2. The summed E-state index contributed by atoms with van der Waals surface area (Å²) in [6.45, 7) is 9.27. The summed E-state index contributed by atoms with van der Waals surface area (Å²) in [5.41, 5.74) is 14.4. The van der Waals surface area contributed by atoms with Crippen LogP contribution in [0.3, 0.4) is 0 Å². The van der Waals surface area contributed by atoms with Crippen molar-refractivity contribution < 1.29 is 0 Å². The summed E-state index contributed by atoms with van der Waals surface area (Å²) in [6, 6.07) is 0. The van der Waals surface area contributed by atoms with E-state index in [2.05, 4.69) is 16.5 Å². The molecule has 0 spiro atoms. The molecule has 0 amide bonds. The zero-order valence-electron chi connectivity index (χ0n) is 9.33. The van der Waals surface area contributed by atoms with E-state index in [-0.39, 0.29) is 0 Å². The first-order chi connectivity index (χ1) is 6.97. The molecule has 1 rings (SSSR count). The molecule has 4 N–H and O–H groups in total. The molecule has 0 aliphatic carbocycles. The first-order valence-electron chi connectivity index (χ1n) is 4.69. The maximum Gasteiger partial charge on any atom is 0.135 e. The van der Waals surface area contributed by atoms with E-state index in [0.717, 1.165) is 16.8 Å². The minimum absolute atomic E-state index is 0.444. The van der Waals surface area contributed by atoms with Gasteiger partial charge in [-0.1, -0.05) is 12.7 Å². The SMILES string of the molecule is C=C(N)/C(=C/C)c1c(C)nc(C)nc1N. The highest BCUT2D eigenvalue weighted by atomic mass is 14.9. The van der Waals surface area contributed by atoms with Crippen molar-refractivity contribution in [3.8, 4) is 0 Å². The Morgan fingerprint density at radius 1 is 1.33 bits per heavy atom. The van der Waals surface area contributed by atoms with Crippen LogP contribution in [0, 0.1) is 13.8 Å². The first-order valence-corrected chi connectivity index (χ1v) is 4.69. The third-order valence-corrected chi connectivity index (χ3v) is 2.13. The summed E-state index contributed by atoms with van der Waals surface area (Å²) in [4.78, 5) is 8.37. The van der Waals surface area contributed by atoms with Crippen molar-refractivity contribution in [1.29, 1.82) is 0 Å². The van der Waals surface area contributed by atoms with Crippen LogP contribution in [0.1, 0.15) is 24.0 Å². The third kappa shape index (κ3) is 2.15. The van der Waals surface area contributed by atoms with Crippen LogP contribution in [-0.4, -0.2) is 9.97 Å². The van der Waals surface area contributed by atoms with Crippen molar-refractivity contribution in [2.24, 2.45) is 5.73 Å². The van der Waals surface area contributed by atoms with Gasteiger partial charge in [0.1, 0.15) is 11.6 Å². The molecule has 1 aromatic heterocycles. The quantitative estimate of drug-likeness (QED) is 0.716. The van der Waals surface area contributed by atoms with E-state index in [4.69, 9.17) is 11.5 Å². The number of aromatic nitrogens is 2. The van der Waals surface area contributed by atoms with Gasteiger partial charge in [-0.3, -0.25) is 0 Å². The maximum absolute atomic E-state index is 5.85. The molecule has 15 heavy (non-hydrogen) atoms. The highest BCUT2D eigenvalue weighted by molar-refractivity contribution is 5.83. The van der Waals surface area contributed by atoms with E-state index >= 15 is 0 Å². The number of aryl methyl sites for hydroxylation is 2. The molecule has 0 atom stereocenters. The number of hydrogen-bond donors (Lipinski definition) is 2. The Balaban J connectivity index is 3.43. The van der Waals surface area contributed by atoms with Crippen molar-refractivity contribution in [2.45, 2.75) is 20.8 Å². The number of rotatable bonds is 2. The summed E-state index contributed by atoms with van der Waals surface area (Å²) in [7, 11) is 0. The van der Waals surface area contributed by atoms with Crippen LogP contribution in [0.15, 0.2) is 18.4 Å². The van der Waals surface area contributed by atoms with Crippen LogP contribution in [0.2, 0.25) is 0 Å². The number of hydrogen-bond acceptors (Lipinski definition) is 4. The molecule has 0 saturated carbocycles. The average Bonchev–Trinajstić information content (AvgIpc) is 2.09. The Morgan fingerprint density at radius 3 is 2.33 bits per heavy atom. The van der Waals surface area contributed by atoms with Crippen LogP contribution in [0.5, 0.6) is 0 Å². The van der Waals surface area contributed by atoms with Crippen LogP contribution in [0.25, 0.3) is 5.57 Å². The van der Waals surface area contributed by atoms with E-state index in [9.17, 15) is 0 Å². The van der Waals surface area contributed by atoms with Gasteiger partial charge in [0.2, 0.25) is 0 Å². The molecule has 0 aliphatic heterocycles. The van der Waals surface area contributed by atoms with Gasteiger partial charge in [0.25, 0.3) is 0 Å². The van der Waals surface area contributed by atoms with Crippen LogP contribution < -0.4 is 11.5 Å². The second-order valence-electron chi connectivity index (χ2n) is 3.34. The second-order valence-corrected chi connectivity index (χ2v) is 3.34. The zero-order chi connectivity index (χ0) is 11.6. The molecule has 0 aliphatic rings. The molecule has 0 fully saturated rings. The fourth-order valence-corrected chi connectivity index (χ4v) is 1.56. The van der Waals surface area contributed by atoms with Crippen molar-refractivity contribution in [3.05, 3.63) is 35.4 Å². The average molecular weight is 204 g/mol. The highest BCUT2D eigenvalue weighted by Gasteiger charge is 2.12. The molecular weight excluding hydrogens is 188 g/mol. The maximum atomic E-state index is 5.85. The summed E-state index contributed by atoms with van der Waals surface area (Å²) in [6.07, 6.45) is 1.86. The monoisotopic (exact) mass is 204 g/mol. The van der Waals surface area contributed by atoms with Gasteiger partial charge in [0.05, 0.1) is 5.69 Å². The van der Waals surface area contributed by atoms with Gasteiger partial charge in [-0.15, -0.1) is 0 Å². The summed E-state index contributed by atoms with van der Waals surface area (Å²) in [5.74, 6) is 1.10. The lowest BCUT2D eigenvalue weighted by Gasteiger charge is -2.12. The van der Waals surface area contributed by atoms with Gasteiger partial charge in [-0.05, 0) is 20.8 Å². The first kappa shape index (κ1) is 11.2. The highest BCUT2D eigenvalue weighted by Crippen LogP contribution is 2.25. The predicted molar refractivity (Wildman–Crippen MR) is 62.9 cm³/mol. The Hall–Kier alpha value is -1.84. The Bertz CT molecular complexity index is 409. The van der Waals surface area contributed by atoms with Gasteiger partial charge in [0.15, 0.2) is 0 Å². The van der Waals surface area contributed by atoms with E-state index < -0.39 is 0 Å². The number of allylic oxidation sites excluding steroid dienone is 2. The van der Waals surface area contributed by atoms with Gasteiger partial charge < -0.3 is 11.5 Å². The van der Waals surface area contributed by atoms with Crippen LogP contribution >= 0.6 is 0 Å². The normalized spacial score (nSPS) is 11.5. The number of nitrogens with zero attached hydrogens (tertiary/aromatic N) is 2. The van der Waals surface area contributed by atoms with E-state index in [1.807, 2.05) is 19.9 Å². The smallest absolute Gasteiger partial charge is 0.135 e. The van der Waals surface area contributed by atoms with Gasteiger partial charge >= 0.3 is 0 Å². The lowest BCUT2D eigenvalue weighted by molar-refractivity contribution is 1.01. The van der Waals surface area contributed by atoms with Crippen molar-refractivity contribution >= 4 is 11.4 Å². The van der Waals surface area contributed by atoms with E-state index in [1.54, 1.807) is 6.92 Å². The topological polar surface area (TPSA) is 77.8 Å². The molecule has 4 nitrogen and oxygen atoms in total. The van der Waals surface area contributed by atoms with Crippen LogP contribution in [0.4, 0.5) is 5.82 Å². The van der Waals surface area contributed by atoms with Crippen LogP contribution in [-0.2, 0) is 0 Å². The molecule has 1 heterocycles. The molecule has 0 radical (unpaired) electrons. The Morgan fingerprint density at radius 2 is 1.93 bits per heavy atom. The molecule has 1 aromatic rings. The van der Waals surface area contributed by atoms with Crippen molar-refractivity contribution in [1.82, 2.24) is 9.97 Å². The lowest BCUT2D eigenvalue weighted by Crippen LogP contribution is -2.08. The summed E-state index contributed by atoms with van der Waals surface area (Å²) < 4.78 is 0. The van der Waals surface area contributed by atoms with Gasteiger partial charge in [0, 0.05) is 16.8 Å². The van der Waals surface area contributed by atoms with Crippen molar-refractivity contribution in [3.63, 3.8) is 0 Å². The minimum atomic E-state index is 0.444. The van der Waals surface area contributed by atoms with Gasteiger partial charge in [-0.25, -0.2) is 9.97 Å². The van der Waals surface area contributed by atoms with Gasteiger partial charge in [-0.2, -0.15) is 0 Å². The standard InChI is InChI=1S/C11H16N4/c1-5-9(6(2)12)10-7(3)14-8(4)15-11(10)13/h5H,2,12H2,1,3-4H3,(H2,13,14,15)/b9-5-. The lowest BCUT2D eigenvalue weighted by atomic mass is 10.0. The predicted octanol–water partition coefficient (Wildman–Crippen LogP) is 1.55. The van der Waals surface area contributed by atoms with Crippen molar-refractivity contribution in [2.75, 3.05) is 5.73 Å². The fraction of sp³-hybridized carbons (Fsp3) is 0.273. The minimum Gasteiger partial charge on any atom is -0.399 e. The van der Waals surface area contributed by atoms with E-state index in [1.165, 1.54) is 0 Å².